The van der Waals surface area contributed by atoms with Gasteiger partial charge in [0.1, 0.15) is 5.75 Å². The van der Waals surface area contributed by atoms with Crippen LogP contribution < -0.4 is 4.74 Å². The number of aromatic nitrogens is 1. The van der Waals surface area contributed by atoms with Crippen LogP contribution in [0, 0.1) is 0 Å². The molecule has 100 valence electrons. The smallest absolute Gasteiger partial charge is 0.356 e. The van der Waals surface area contributed by atoms with Crippen LogP contribution in [0.25, 0.3) is 10.9 Å². The minimum Gasteiger partial charge on any atom is -0.496 e. The fourth-order valence-electron chi connectivity index (χ4n) is 2.06. The summed E-state index contributed by atoms with van der Waals surface area (Å²) >= 11 is 0. The van der Waals surface area contributed by atoms with E-state index in [2.05, 4.69) is 22.7 Å². The number of carbonyl (C=O) groups is 1. The minimum absolute atomic E-state index is 0.259. The van der Waals surface area contributed by atoms with Crippen LogP contribution >= 0.6 is 0 Å². The van der Waals surface area contributed by atoms with E-state index < -0.39 is 5.97 Å². The van der Waals surface area contributed by atoms with E-state index in [0.29, 0.717) is 5.75 Å². The molecule has 0 aliphatic heterocycles. The first kappa shape index (κ1) is 13.3. The van der Waals surface area contributed by atoms with E-state index in [1.54, 1.807) is 13.2 Å². The summed E-state index contributed by atoms with van der Waals surface area (Å²) in [5.74, 6) is 0.182. The van der Waals surface area contributed by atoms with Crippen molar-refractivity contribution in [3.63, 3.8) is 0 Å². The Bertz CT molecular complexity index is 608. The minimum atomic E-state index is -0.460. The molecule has 1 heterocycles. The van der Waals surface area contributed by atoms with Crippen molar-refractivity contribution in [2.75, 3.05) is 14.2 Å². The van der Waals surface area contributed by atoms with E-state index in [-0.39, 0.29) is 5.69 Å². The lowest BCUT2D eigenvalue weighted by Gasteiger charge is -2.09. The van der Waals surface area contributed by atoms with E-state index in [4.69, 9.17) is 4.74 Å². The molecule has 0 unspecified atom stereocenters. The summed E-state index contributed by atoms with van der Waals surface area (Å²) in [6, 6.07) is 7.62. The highest BCUT2D eigenvalue weighted by Crippen LogP contribution is 2.27. The van der Waals surface area contributed by atoms with Gasteiger partial charge in [-0.05, 0) is 24.1 Å². The monoisotopic (exact) mass is 259 g/mol. The normalized spacial score (nSPS) is 10.5. The predicted octanol–water partition coefficient (Wildman–Crippen LogP) is 2.98. The summed E-state index contributed by atoms with van der Waals surface area (Å²) in [5.41, 5.74) is 2.23. The molecule has 0 amide bonds. The van der Waals surface area contributed by atoms with Crippen molar-refractivity contribution in [1.82, 2.24) is 4.98 Å². The van der Waals surface area contributed by atoms with E-state index in [1.165, 1.54) is 12.7 Å². The molecule has 0 spiro atoms. The highest BCUT2D eigenvalue weighted by atomic mass is 16.5. The lowest BCUT2D eigenvalue weighted by molar-refractivity contribution is 0.0594. The molecule has 4 heteroatoms. The van der Waals surface area contributed by atoms with E-state index in [0.717, 1.165) is 23.7 Å². The quantitative estimate of drug-likeness (QED) is 0.792. The van der Waals surface area contributed by atoms with Crippen LogP contribution in [0.15, 0.2) is 24.3 Å². The lowest BCUT2D eigenvalue weighted by atomic mass is 10.1. The van der Waals surface area contributed by atoms with Gasteiger partial charge in [-0.1, -0.05) is 19.4 Å². The molecule has 4 nitrogen and oxygen atoms in total. The molecule has 1 aromatic carbocycles. The second-order valence-electron chi connectivity index (χ2n) is 4.30. The van der Waals surface area contributed by atoms with Crippen molar-refractivity contribution < 1.29 is 14.3 Å². The third-order valence-electron chi connectivity index (χ3n) is 2.99. The predicted molar refractivity (Wildman–Crippen MR) is 73.6 cm³/mol. The third kappa shape index (κ3) is 2.67. The SMILES string of the molecule is CCCc1ccc2nc(C(=O)OC)cc(OC)c2c1. The fourth-order valence-corrected chi connectivity index (χ4v) is 2.06. The van der Waals surface area contributed by atoms with Gasteiger partial charge in [0.05, 0.1) is 19.7 Å². The average molecular weight is 259 g/mol. The molecular weight excluding hydrogens is 242 g/mol. The van der Waals surface area contributed by atoms with Crippen molar-refractivity contribution in [2.24, 2.45) is 0 Å². The van der Waals surface area contributed by atoms with Gasteiger partial charge in [-0.25, -0.2) is 9.78 Å². The summed E-state index contributed by atoms with van der Waals surface area (Å²) in [4.78, 5) is 15.9. The maximum atomic E-state index is 11.6. The molecule has 0 bridgehead atoms. The summed E-state index contributed by atoms with van der Waals surface area (Å²) in [5, 5.41) is 0.918. The second-order valence-corrected chi connectivity index (χ2v) is 4.30. The highest BCUT2D eigenvalue weighted by Gasteiger charge is 2.13. The standard InChI is InChI=1S/C15H17NO3/c1-4-5-10-6-7-12-11(8-10)14(18-2)9-13(16-12)15(17)19-3/h6-9H,4-5H2,1-3H3. The number of nitrogens with zero attached hydrogens (tertiary/aromatic N) is 1. The van der Waals surface area contributed by atoms with E-state index in [1.807, 2.05) is 12.1 Å². The van der Waals surface area contributed by atoms with E-state index >= 15 is 0 Å². The van der Waals surface area contributed by atoms with Crippen molar-refractivity contribution in [3.8, 4) is 5.75 Å². The summed E-state index contributed by atoms with van der Waals surface area (Å²) < 4.78 is 10.0. The van der Waals surface area contributed by atoms with E-state index in [9.17, 15) is 4.79 Å². The molecule has 0 saturated heterocycles. The average Bonchev–Trinajstić information content (AvgIpc) is 2.45. The van der Waals surface area contributed by atoms with Crippen molar-refractivity contribution in [1.29, 1.82) is 0 Å². The first-order chi connectivity index (χ1) is 9.19. The van der Waals surface area contributed by atoms with Gasteiger partial charge in [0.15, 0.2) is 5.69 Å². The fraction of sp³-hybridized carbons (Fsp3) is 0.333. The van der Waals surface area contributed by atoms with Gasteiger partial charge in [0.2, 0.25) is 0 Å². The molecule has 0 saturated carbocycles. The van der Waals surface area contributed by atoms with Gasteiger partial charge in [0.25, 0.3) is 0 Å². The number of ether oxygens (including phenoxy) is 2. The molecule has 0 fully saturated rings. The van der Waals surface area contributed by atoms with Crippen LogP contribution in [-0.2, 0) is 11.2 Å². The van der Waals surface area contributed by atoms with Crippen molar-refractivity contribution in [2.45, 2.75) is 19.8 Å². The largest absolute Gasteiger partial charge is 0.496 e. The number of benzene rings is 1. The number of hydrogen-bond acceptors (Lipinski definition) is 4. The molecule has 0 N–H and O–H groups in total. The van der Waals surface area contributed by atoms with Gasteiger partial charge in [0, 0.05) is 11.5 Å². The third-order valence-corrected chi connectivity index (χ3v) is 2.99. The lowest BCUT2D eigenvalue weighted by Crippen LogP contribution is -2.05. The Morgan fingerprint density at radius 1 is 1.26 bits per heavy atom. The summed E-state index contributed by atoms with van der Waals surface area (Å²) in [6.45, 7) is 2.14. The molecule has 2 aromatic rings. The number of rotatable bonds is 4. The van der Waals surface area contributed by atoms with Gasteiger partial charge in [-0.2, -0.15) is 0 Å². The van der Waals surface area contributed by atoms with Crippen LogP contribution in [-0.4, -0.2) is 25.2 Å². The number of methoxy groups -OCH3 is 2. The molecule has 0 aliphatic rings. The Balaban J connectivity index is 2.59. The zero-order valence-corrected chi connectivity index (χ0v) is 11.4. The summed E-state index contributed by atoms with van der Waals surface area (Å²) in [7, 11) is 2.92. The molecular formula is C15H17NO3. The van der Waals surface area contributed by atoms with Crippen molar-refractivity contribution in [3.05, 3.63) is 35.5 Å². The number of pyridine rings is 1. The van der Waals surface area contributed by atoms with Gasteiger partial charge in [-0.15, -0.1) is 0 Å². The van der Waals surface area contributed by atoms with Crippen LogP contribution in [0.2, 0.25) is 0 Å². The van der Waals surface area contributed by atoms with Crippen LogP contribution in [0.1, 0.15) is 29.4 Å². The maximum Gasteiger partial charge on any atom is 0.356 e. The highest BCUT2D eigenvalue weighted by molar-refractivity contribution is 5.94. The van der Waals surface area contributed by atoms with Crippen LogP contribution in [0.4, 0.5) is 0 Å². The molecule has 0 atom stereocenters. The van der Waals surface area contributed by atoms with Gasteiger partial charge < -0.3 is 9.47 Å². The zero-order valence-electron chi connectivity index (χ0n) is 11.4. The Kier molecular flexibility index (Phi) is 4.00. The number of aryl methyl sites for hydroxylation is 1. The number of carbonyl (C=O) groups excluding carboxylic acids is 1. The molecule has 19 heavy (non-hydrogen) atoms. The Hall–Kier alpha value is -2.10. The van der Waals surface area contributed by atoms with Gasteiger partial charge >= 0.3 is 5.97 Å². The zero-order chi connectivity index (χ0) is 13.8. The Morgan fingerprint density at radius 2 is 2.05 bits per heavy atom. The first-order valence-corrected chi connectivity index (χ1v) is 6.25. The maximum absolute atomic E-state index is 11.6. The number of fused-ring (bicyclic) bond motifs is 1. The molecule has 0 aliphatic carbocycles. The van der Waals surface area contributed by atoms with Crippen molar-refractivity contribution >= 4 is 16.9 Å². The second kappa shape index (κ2) is 5.69. The Labute approximate surface area is 112 Å². The number of esters is 1. The molecule has 1 aromatic heterocycles. The van der Waals surface area contributed by atoms with Gasteiger partial charge in [-0.3, -0.25) is 0 Å². The topological polar surface area (TPSA) is 48.4 Å². The van der Waals surface area contributed by atoms with Crippen LogP contribution in [0.5, 0.6) is 5.75 Å². The van der Waals surface area contributed by atoms with Crippen LogP contribution in [0.3, 0.4) is 0 Å². The summed E-state index contributed by atoms with van der Waals surface area (Å²) in [6.07, 6.45) is 2.10. The molecule has 0 radical (unpaired) electrons. The first-order valence-electron chi connectivity index (χ1n) is 6.25. The number of hydrogen-bond donors (Lipinski definition) is 0. The Morgan fingerprint density at radius 3 is 2.68 bits per heavy atom. The molecule has 2 rings (SSSR count).